The minimum absolute atomic E-state index is 0.0373. The molecule has 4 aromatic heterocycles. The first kappa shape index (κ1) is 20.0. The second-order valence-corrected chi connectivity index (χ2v) is 10.6. The number of imidazole rings is 1. The van der Waals surface area contributed by atoms with Crippen LogP contribution in [-0.2, 0) is 6.42 Å². The zero-order valence-corrected chi connectivity index (χ0v) is 19.6. The van der Waals surface area contributed by atoms with E-state index in [1.807, 2.05) is 28.8 Å². The van der Waals surface area contributed by atoms with Gasteiger partial charge >= 0.3 is 11.8 Å². The maximum absolute atomic E-state index is 13.5. The van der Waals surface area contributed by atoms with Crippen molar-refractivity contribution in [1.82, 2.24) is 34.7 Å². The highest BCUT2D eigenvalue weighted by atomic mass is 31.1. The summed E-state index contributed by atoms with van der Waals surface area (Å²) in [6.45, 7) is 0.510. The molecule has 1 aliphatic heterocycles. The number of aromatic amines is 1. The minimum Gasteiger partial charge on any atom is -0.417 e. The summed E-state index contributed by atoms with van der Waals surface area (Å²) in [6, 6.07) is 7.65. The van der Waals surface area contributed by atoms with Gasteiger partial charge in [0, 0.05) is 30.0 Å². The molecule has 1 amide bonds. The predicted molar refractivity (Wildman–Crippen MR) is 123 cm³/mol. The van der Waals surface area contributed by atoms with E-state index in [9.17, 15) is 4.79 Å². The van der Waals surface area contributed by atoms with Gasteiger partial charge in [0.1, 0.15) is 6.04 Å². The first-order chi connectivity index (χ1) is 15.6. The fourth-order valence-corrected chi connectivity index (χ4v) is 5.01. The van der Waals surface area contributed by atoms with E-state index >= 15 is 0 Å². The Morgan fingerprint density at radius 1 is 1.25 bits per heavy atom. The molecule has 11 heteroatoms. The lowest BCUT2D eigenvalue weighted by Crippen LogP contribution is -2.41. The Kier molecular flexibility index (Phi) is 4.85. The van der Waals surface area contributed by atoms with Crippen LogP contribution in [0.4, 0.5) is 0 Å². The summed E-state index contributed by atoms with van der Waals surface area (Å²) in [5.74, 6) is 0.602. The smallest absolute Gasteiger partial charge is 0.312 e. The number of nitrogens with zero attached hydrogens (tertiary/aromatic N) is 6. The van der Waals surface area contributed by atoms with Crippen LogP contribution in [0.15, 0.2) is 35.0 Å². The van der Waals surface area contributed by atoms with Gasteiger partial charge in [-0.3, -0.25) is 4.79 Å². The van der Waals surface area contributed by atoms with Crippen LogP contribution in [0, 0.1) is 0 Å². The van der Waals surface area contributed by atoms with Gasteiger partial charge in [-0.25, -0.2) is 9.50 Å². The Morgan fingerprint density at radius 3 is 2.91 bits per heavy atom. The molecule has 0 spiro atoms. The van der Waals surface area contributed by atoms with Crippen molar-refractivity contribution in [1.29, 1.82) is 0 Å². The molecular formula is C21H23N7O2P2. The van der Waals surface area contributed by atoms with E-state index in [1.165, 1.54) is 0 Å². The molecule has 1 fully saturated rings. The molecule has 1 N–H and O–H groups in total. The highest BCUT2D eigenvalue weighted by Gasteiger charge is 2.38. The molecule has 5 heterocycles. The van der Waals surface area contributed by atoms with Crippen LogP contribution in [0.1, 0.15) is 76.0 Å². The first-order valence-electron chi connectivity index (χ1n) is 10.8. The summed E-state index contributed by atoms with van der Waals surface area (Å²) in [6.07, 6.45) is 5.59. The minimum atomic E-state index is -0.434. The molecule has 0 radical (unpaired) electrons. The molecule has 164 valence electrons. The number of carbonyl (C=O) groups excluding carboxylic acids is 1. The quantitative estimate of drug-likeness (QED) is 0.462. The van der Waals surface area contributed by atoms with E-state index < -0.39 is 6.04 Å². The summed E-state index contributed by atoms with van der Waals surface area (Å²) in [5.41, 5.74) is 4.59. The van der Waals surface area contributed by atoms with Crippen molar-refractivity contribution < 1.29 is 9.21 Å². The van der Waals surface area contributed by atoms with E-state index in [-0.39, 0.29) is 23.1 Å². The first-order valence-corrected chi connectivity index (χ1v) is 12.1. The van der Waals surface area contributed by atoms with Crippen molar-refractivity contribution in [3.63, 3.8) is 0 Å². The lowest BCUT2D eigenvalue weighted by Gasteiger charge is -2.32. The number of rotatable bonds is 4. The highest BCUT2D eigenvalue weighted by molar-refractivity contribution is 7.37. The third-order valence-electron chi connectivity index (χ3n) is 6.42. The molecule has 2 unspecified atom stereocenters. The van der Waals surface area contributed by atoms with Crippen LogP contribution in [0.3, 0.4) is 0 Å². The summed E-state index contributed by atoms with van der Waals surface area (Å²) in [4.78, 5) is 23.0. The van der Waals surface area contributed by atoms with Gasteiger partial charge in [-0.2, -0.15) is 5.10 Å². The van der Waals surface area contributed by atoms with E-state index in [2.05, 4.69) is 38.6 Å². The maximum atomic E-state index is 13.5. The molecule has 1 aliphatic carbocycles. The number of hydrogen-bond donors (Lipinski definition) is 1. The van der Waals surface area contributed by atoms with Gasteiger partial charge in [0.05, 0.1) is 28.9 Å². The fourth-order valence-electron chi connectivity index (χ4n) is 4.50. The van der Waals surface area contributed by atoms with Crippen molar-refractivity contribution in [3.05, 3.63) is 65.1 Å². The van der Waals surface area contributed by atoms with Crippen LogP contribution in [0.5, 0.6) is 0 Å². The van der Waals surface area contributed by atoms with E-state index in [4.69, 9.17) is 9.52 Å². The van der Waals surface area contributed by atoms with Crippen molar-refractivity contribution in [2.45, 2.75) is 43.0 Å². The molecule has 2 aliphatic rings. The Bertz CT molecular complexity index is 1310. The third-order valence-corrected chi connectivity index (χ3v) is 7.10. The highest BCUT2D eigenvalue weighted by Crippen LogP contribution is 2.38. The van der Waals surface area contributed by atoms with Gasteiger partial charge in [0.2, 0.25) is 5.89 Å². The fraction of sp³-hybridized carbons (Fsp3) is 0.381. The predicted octanol–water partition coefficient (Wildman–Crippen LogP) is 3.24. The van der Waals surface area contributed by atoms with Crippen molar-refractivity contribution in [2.75, 3.05) is 6.54 Å². The zero-order valence-electron chi connectivity index (χ0n) is 17.3. The molecular weight excluding hydrogens is 444 g/mol. The van der Waals surface area contributed by atoms with Gasteiger partial charge < -0.3 is 14.3 Å². The standard InChI is InChI=1S/C21H23N7O2P2/c29-20(19-25-24-18(30-19)11-3-1-4-11)27-8-7-13-16(23-10-22-13)17(27)14-9-12-5-2-6-15(21(31)32)28(12)26-14/h2,5-6,9-11,17,21H,1,3-4,7-8,31-32H2,(H,22,23)/t17-/m1/s1. The van der Waals surface area contributed by atoms with Gasteiger partial charge in [-0.15, -0.1) is 28.7 Å². The zero-order chi connectivity index (χ0) is 21.8. The SMILES string of the molecule is O=C(c1nnc(C2CCC2)o1)N1CCc2[nH]cnc2[C@H]1c1cc2cccc(C(P)P)n2n1. The van der Waals surface area contributed by atoms with Crippen LogP contribution >= 0.6 is 18.5 Å². The van der Waals surface area contributed by atoms with Crippen LogP contribution in [0.2, 0.25) is 0 Å². The normalized spacial score (nSPS) is 18.8. The van der Waals surface area contributed by atoms with E-state index in [0.717, 1.165) is 47.6 Å². The van der Waals surface area contributed by atoms with Gasteiger partial charge in [0.25, 0.3) is 0 Å². The number of amides is 1. The second-order valence-electron chi connectivity index (χ2n) is 8.37. The van der Waals surface area contributed by atoms with Crippen molar-refractivity contribution in [3.8, 4) is 0 Å². The Morgan fingerprint density at radius 2 is 2.12 bits per heavy atom. The van der Waals surface area contributed by atoms with Gasteiger partial charge in [-0.1, -0.05) is 12.5 Å². The number of fused-ring (bicyclic) bond motifs is 2. The van der Waals surface area contributed by atoms with Crippen LogP contribution in [0.25, 0.3) is 5.52 Å². The summed E-state index contributed by atoms with van der Waals surface area (Å²) < 4.78 is 7.71. The molecule has 0 bridgehead atoms. The summed E-state index contributed by atoms with van der Waals surface area (Å²) in [7, 11) is 5.55. The van der Waals surface area contributed by atoms with E-state index in [0.29, 0.717) is 18.9 Å². The Labute approximate surface area is 188 Å². The van der Waals surface area contributed by atoms with Gasteiger partial charge in [-0.05, 0) is 31.0 Å². The second kappa shape index (κ2) is 7.75. The van der Waals surface area contributed by atoms with Gasteiger partial charge in [0.15, 0.2) is 0 Å². The number of nitrogens with one attached hydrogen (secondary N) is 1. The average molecular weight is 467 g/mol. The summed E-state index contributed by atoms with van der Waals surface area (Å²) in [5, 5.41) is 13.3. The Balaban J connectivity index is 1.42. The molecule has 0 aromatic carbocycles. The molecule has 1 saturated carbocycles. The molecule has 6 rings (SSSR count). The maximum Gasteiger partial charge on any atom is 0.312 e. The Hall–Kier alpha value is -2.63. The average Bonchev–Trinajstić information content (AvgIpc) is 3.49. The largest absolute Gasteiger partial charge is 0.417 e. The van der Waals surface area contributed by atoms with Crippen LogP contribution < -0.4 is 0 Å². The van der Waals surface area contributed by atoms with E-state index in [1.54, 1.807) is 11.2 Å². The molecule has 32 heavy (non-hydrogen) atoms. The topological polar surface area (TPSA) is 105 Å². The summed E-state index contributed by atoms with van der Waals surface area (Å²) >= 11 is 0. The molecule has 9 nitrogen and oxygen atoms in total. The molecule has 0 saturated heterocycles. The molecule has 4 aromatic rings. The number of carbonyl (C=O) groups is 1. The van der Waals surface area contributed by atoms with Crippen molar-refractivity contribution >= 4 is 29.9 Å². The third kappa shape index (κ3) is 3.18. The number of aromatic nitrogens is 6. The number of H-pyrrole nitrogens is 1. The van der Waals surface area contributed by atoms with Crippen molar-refractivity contribution in [2.24, 2.45) is 0 Å². The number of hydrogen-bond acceptors (Lipinski definition) is 6. The monoisotopic (exact) mass is 467 g/mol. The lowest BCUT2D eigenvalue weighted by atomic mass is 9.85. The molecule has 3 atom stereocenters. The number of pyridine rings is 1. The lowest BCUT2D eigenvalue weighted by molar-refractivity contribution is 0.0642. The van der Waals surface area contributed by atoms with Crippen LogP contribution in [-0.4, -0.2) is 47.1 Å².